The van der Waals surface area contributed by atoms with E-state index in [2.05, 4.69) is 177 Å². The second-order valence-corrected chi connectivity index (χ2v) is 23.3. The van der Waals surface area contributed by atoms with Crippen LogP contribution in [0.2, 0.25) is 0 Å². The van der Waals surface area contributed by atoms with Crippen LogP contribution in [-0.2, 0) is 32.0 Å². The maximum Gasteiger partial charge on any atom is -0.0238 e. The summed E-state index contributed by atoms with van der Waals surface area (Å²) in [6.45, 7) is 19.5. The Hall–Kier alpha value is -2.07. The quantitative estimate of drug-likeness (QED) is 0.0839. The zero-order valence-corrected chi connectivity index (χ0v) is 36.0. The van der Waals surface area contributed by atoms with E-state index in [1.807, 2.05) is 10.6 Å². The topological polar surface area (TPSA) is 0 Å². The van der Waals surface area contributed by atoms with Gasteiger partial charge in [-0.15, -0.1) is 0 Å². The van der Waals surface area contributed by atoms with Gasteiger partial charge in [0.1, 0.15) is 0 Å². The summed E-state index contributed by atoms with van der Waals surface area (Å²) in [6.07, 6.45) is 13.1. The minimum Gasteiger partial charge on any atom is -0.0622 e. The molecule has 0 aromatic heterocycles. The summed E-state index contributed by atoms with van der Waals surface area (Å²) in [5.74, 6) is 3.07. The minimum atomic E-state index is -0.301. The van der Waals surface area contributed by atoms with Crippen molar-refractivity contribution in [3.8, 4) is 0 Å². The van der Waals surface area contributed by atoms with Crippen molar-refractivity contribution in [3.05, 3.63) is 153 Å². The normalized spacial score (nSPS) is 16.4. The van der Waals surface area contributed by atoms with Crippen molar-refractivity contribution in [2.45, 2.75) is 76.7 Å². The molecule has 0 nitrogen and oxygen atoms in total. The van der Waals surface area contributed by atoms with Crippen LogP contribution in [0.3, 0.4) is 0 Å². The Morgan fingerprint density at radius 3 is 1.08 bits per heavy atom. The molecular weight excluding hydrogens is 686 g/mol. The van der Waals surface area contributed by atoms with E-state index in [4.69, 9.17) is 0 Å². The number of rotatable bonds is 15. The Bertz CT molecular complexity index is 1550. The fourth-order valence-corrected chi connectivity index (χ4v) is 18.9. The van der Waals surface area contributed by atoms with Gasteiger partial charge in [-0.2, -0.15) is 0 Å². The van der Waals surface area contributed by atoms with Gasteiger partial charge >= 0.3 is 241 Å². The molecule has 2 aliphatic carbocycles. The van der Waals surface area contributed by atoms with Crippen LogP contribution in [-0.4, -0.2) is 24.6 Å². The van der Waals surface area contributed by atoms with Crippen LogP contribution in [0.1, 0.15) is 97.2 Å². The van der Waals surface area contributed by atoms with Gasteiger partial charge in [0.05, 0.1) is 0 Å². The van der Waals surface area contributed by atoms with E-state index >= 15 is 0 Å². The molecule has 0 bridgehead atoms. The summed E-state index contributed by atoms with van der Waals surface area (Å²) >= 11 is -0.301. The zero-order valence-electron chi connectivity index (χ0n) is 32.6. The Balaban J connectivity index is 0.000000299. The van der Waals surface area contributed by atoms with Crippen LogP contribution < -0.4 is 0 Å². The fourth-order valence-electron chi connectivity index (χ4n) is 7.59. The van der Waals surface area contributed by atoms with Crippen LogP contribution >= 0.6 is 15.8 Å². The van der Waals surface area contributed by atoms with Crippen molar-refractivity contribution in [2.75, 3.05) is 24.6 Å². The number of allylic oxidation sites excluding steroid dienone is 2. The minimum absolute atomic E-state index is 0.0931. The molecule has 2 aliphatic rings. The summed E-state index contributed by atoms with van der Waals surface area (Å²) in [5.41, 5.74) is 9.17. The standard InChI is InChI=1S/2C17H24P.C14H14.Ti/c2*1-13(2)11-18(12-14(3)4)17-9-15-7-5-6-8-16(15)10-17;1-3-7-13(8-4-1)11-12-14-9-5-2-6-10-14;/h2*5-10,13-14H,11-12H2,1-4H3;1-10H,11-12H2;. The summed E-state index contributed by atoms with van der Waals surface area (Å²) in [5, 5.41) is 3.69. The Morgan fingerprint density at radius 2 is 0.745 bits per heavy atom. The first-order valence-corrected chi connectivity index (χ1v) is 24.8. The monoisotopic (exact) mass is 748 g/mol. The Labute approximate surface area is 323 Å². The van der Waals surface area contributed by atoms with Crippen molar-refractivity contribution < 1.29 is 19.2 Å². The largest absolute Gasteiger partial charge is 0.0622 e. The third-order valence-electron chi connectivity index (χ3n) is 9.61. The van der Waals surface area contributed by atoms with Crippen LogP contribution in [0.4, 0.5) is 0 Å². The number of fused-ring (bicyclic) bond motifs is 2. The van der Waals surface area contributed by atoms with Crippen LogP contribution in [0.15, 0.2) is 120 Å². The molecule has 0 heterocycles. The van der Waals surface area contributed by atoms with E-state index in [-0.39, 0.29) is 35.0 Å². The molecule has 4 aromatic carbocycles. The van der Waals surface area contributed by atoms with Gasteiger partial charge in [0.2, 0.25) is 0 Å². The molecule has 3 heteroatoms. The first-order chi connectivity index (χ1) is 24.6. The third kappa shape index (κ3) is 11.7. The zero-order chi connectivity index (χ0) is 36.3. The van der Waals surface area contributed by atoms with E-state index in [9.17, 15) is 0 Å². The predicted octanol–water partition coefficient (Wildman–Crippen LogP) is 14.3. The molecule has 2 unspecified atom stereocenters. The van der Waals surface area contributed by atoms with E-state index in [1.54, 1.807) is 11.1 Å². The smallest absolute Gasteiger partial charge is 0.0238 e. The average Bonchev–Trinajstić information content (AvgIpc) is 3.66. The SMILES string of the molecule is CC(C)CP(CC(C)C)C1=Cc2ccccc2[CH]1[Ti][CH]1C(P(CC(C)C)CC(C)C)=Cc2ccccc21.c1ccc(CCc2ccccc2)cc1. The molecule has 0 amide bonds. The number of benzene rings is 4. The van der Waals surface area contributed by atoms with Crippen LogP contribution in [0.25, 0.3) is 12.2 Å². The van der Waals surface area contributed by atoms with Crippen molar-refractivity contribution in [1.29, 1.82) is 0 Å². The van der Waals surface area contributed by atoms with Crippen molar-refractivity contribution in [3.63, 3.8) is 0 Å². The van der Waals surface area contributed by atoms with E-state index < -0.39 is 0 Å². The molecular formula is C48H62P2Ti. The van der Waals surface area contributed by atoms with Crippen molar-refractivity contribution in [1.82, 2.24) is 0 Å². The van der Waals surface area contributed by atoms with Gasteiger partial charge in [0, 0.05) is 0 Å². The Morgan fingerprint density at radius 1 is 0.431 bits per heavy atom. The average molecular weight is 749 g/mol. The molecule has 0 aliphatic heterocycles. The van der Waals surface area contributed by atoms with Gasteiger partial charge in [0.25, 0.3) is 0 Å². The predicted molar refractivity (Wildman–Crippen MR) is 227 cm³/mol. The second-order valence-electron chi connectivity index (χ2n) is 16.3. The maximum atomic E-state index is 2.66. The van der Waals surface area contributed by atoms with E-state index in [1.165, 1.54) is 46.9 Å². The van der Waals surface area contributed by atoms with Crippen LogP contribution in [0.5, 0.6) is 0 Å². The molecule has 268 valence electrons. The molecule has 0 saturated carbocycles. The fraction of sp³-hybridized carbons (Fsp3) is 0.417. The van der Waals surface area contributed by atoms with E-state index in [0.29, 0.717) is 8.45 Å². The van der Waals surface area contributed by atoms with Gasteiger partial charge in [-0.05, 0) is 24.0 Å². The van der Waals surface area contributed by atoms with E-state index in [0.717, 1.165) is 36.5 Å². The van der Waals surface area contributed by atoms with Crippen molar-refractivity contribution in [2.24, 2.45) is 23.7 Å². The number of aryl methyl sites for hydroxylation is 2. The third-order valence-corrected chi connectivity index (χ3v) is 20.3. The molecule has 6 rings (SSSR count). The number of hydrogen-bond acceptors (Lipinski definition) is 0. The summed E-state index contributed by atoms with van der Waals surface area (Å²) in [4.78, 5) is 0. The van der Waals surface area contributed by atoms with Crippen molar-refractivity contribution >= 4 is 28.0 Å². The molecule has 51 heavy (non-hydrogen) atoms. The van der Waals surface area contributed by atoms with Gasteiger partial charge in [0.15, 0.2) is 0 Å². The van der Waals surface area contributed by atoms with Crippen LogP contribution in [0, 0.1) is 23.7 Å². The van der Waals surface area contributed by atoms with Gasteiger partial charge in [-0.25, -0.2) is 0 Å². The number of hydrogen-bond donors (Lipinski definition) is 0. The maximum absolute atomic E-state index is 2.66. The molecule has 0 fully saturated rings. The van der Waals surface area contributed by atoms with Gasteiger partial charge in [-0.3, -0.25) is 0 Å². The summed E-state index contributed by atoms with van der Waals surface area (Å²) in [7, 11) is -0.186. The Kier molecular flexibility index (Phi) is 15.6. The first-order valence-electron chi connectivity index (χ1n) is 19.5. The molecule has 2 atom stereocenters. The molecule has 0 radical (unpaired) electrons. The molecule has 0 spiro atoms. The first kappa shape index (κ1) is 40.1. The van der Waals surface area contributed by atoms with Gasteiger partial charge < -0.3 is 0 Å². The molecule has 4 aromatic rings. The van der Waals surface area contributed by atoms with Gasteiger partial charge in [-0.1, -0.05) is 60.7 Å². The summed E-state index contributed by atoms with van der Waals surface area (Å²) in [6, 6.07) is 40.1. The second kappa shape index (κ2) is 19.9. The summed E-state index contributed by atoms with van der Waals surface area (Å²) < 4.78 is 1.38. The molecule has 0 saturated heterocycles. The molecule has 0 N–H and O–H groups in total.